The number of aliphatic hydroxyl groups is 1. The normalized spacial score (nSPS) is 11.0. The van der Waals surface area contributed by atoms with Gasteiger partial charge in [-0.3, -0.25) is 0 Å². The summed E-state index contributed by atoms with van der Waals surface area (Å²) < 4.78 is 0. The Morgan fingerprint density at radius 2 is 1.04 bits per heavy atom. The lowest BCUT2D eigenvalue weighted by Crippen LogP contribution is -1.94. The van der Waals surface area contributed by atoms with E-state index in [0.29, 0.717) is 0 Å². The second-order valence-electron chi connectivity index (χ2n) is 6.92. The van der Waals surface area contributed by atoms with Crippen LogP contribution in [0, 0.1) is 0 Å². The van der Waals surface area contributed by atoms with E-state index in [1.807, 2.05) is 12.1 Å². The number of hydrogen-bond acceptors (Lipinski definition) is 1. The summed E-state index contributed by atoms with van der Waals surface area (Å²) in [5.74, 6) is 0. The summed E-state index contributed by atoms with van der Waals surface area (Å²) in [4.78, 5) is 0. The van der Waals surface area contributed by atoms with Crippen molar-refractivity contribution < 1.29 is 5.11 Å². The third-order valence-corrected chi connectivity index (χ3v) is 4.84. The molecule has 0 amide bonds. The minimum absolute atomic E-state index is 0.175. The molecule has 0 fully saturated rings. The van der Waals surface area contributed by atoms with Gasteiger partial charge in [0.1, 0.15) is 0 Å². The van der Waals surface area contributed by atoms with E-state index in [-0.39, 0.29) is 6.61 Å². The molecule has 1 aromatic carbocycles. The molecule has 1 heteroatoms. The molecule has 132 valence electrons. The summed E-state index contributed by atoms with van der Waals surface area (Å²) >= 11 is 0. The molecule has 0 radical (unpaired) electrons. The zero-order chi connectivity index (χ0) is 16.6. The Labute approximate surface area is 144 Å². The van der Waals surface area contributed by atoms with E-state index in [0.717, 1.165) is 12.0 Å². The van der Waals surface area contributed by atoms with Crippen molar-refractivity contribution in [1.82, 2.24) is 0 Å². The van der Waals surface area contributed by atoms with Crippen molar-refractivity contribution in [1.29, 1.82) is 0 Å². The van der Waals surface area contributed by atoms with Crippen LogP contribution < -0.4 is 0 Å². The third-order valence-electron chi connectivity index (χ3n) is 4.84. The van der Waals surface area contributed by atoms with Crippen LogP contribution in [-0.4, -0.2) is 5.11 Å². The molecule has 0 aliphatic carbocycles. The summed E-state index contributed by atoms with van der Waals surface area (Å²) in [6.45, 7) is 2.46. The van der Waals surface area contributed by atoms with Crippen LogP contribution in [0.5, 0.6) is 0 Å². The first-order chi connectivity index (χ1) is 11.4. The van der Waals surface area contributed by atoms with Crippen molar-refractivity contribution in [2.24, 2.45) is 0 Å². The molecule has 0 unspecified atom stereocenters. The standard InChI is InChI=1S/C22H38O/c1-2-3-4-5-6-7-8-9-10-11-12-13-14-17-21-18-15-16-19-22(21)20-23/h15-16,18-19,23H,2-14,17,20H2,1H3. The van der Waals surface area contributed by atoms with Gasteiger partial charge in [0.05, 0.1) is 6.61 Å². The second-order valence-corrected chi connectivity index (χ2v) is 6.92. The van der Waals surface area contributed by atoms with Gasteiger partial charge in [0.15, 0.2) is 0 Å². The van der Waals surface area contributed by atoms with Crippen LogP contribution in [-0.2, 0) is 13.0 Å². The largest absolute Gasteiger partial charge is 0.392 e. The second kappa shape index (κ2) is 14.8. The molecule has 0 spiro atoms. The number of rotatable bonds is 15. The first kappa shape index (κ1) is 20.2. The van der Waals surface area contributed by atoms with Crippen molar-refractivity contribution in [3.8, 4) is 0 Å². The molecular formula is C22H38O. The molecule has 1 N–H and O–H groups in total. The molecule has 0 aromatic heterocycles. The number of benzene rings is 1. The Bertz CT molecular complexity index is 372. The van der Waals surface area contributed by atoms with Crippen LogP contribution in [0.25, 0.3) is 0 Å². The zero-order valence-electron chi connectivity index (χ0n) is 15.4. The molecule has 1 rings (SSSR count). The van der Waals surface area contributed by atoms with Crippen LogP contribution in [0.3, 0.4) is 0 Å². The van der Waals surface area contributed by atoms with Crippen molar-refractivity contribution >= 4 is 0 Å². The molecule has 1 nitrogen and oxygen atoms in total. The predicted octanol–water partition coefficient (Wildman–Crippen LogP) is 6.81. The van der Waals surface area contributed by atoms with Crippen LogP contribution in [0.15, 0.2) is 24.3 Å². The molecule has 0 aliphatic heterocycles. The van der Waals surface area contributed by atoms with Gasteiger partial charge in [0.2, 0.25) is 0 Å². The highest BCUT2D eigenvalue weighted by Crippen LogP contribution is 2.15. The SMILES string of the molecule is CCCCCCCCCCCCCCCc1ccccc1CO. The quantitative estimate of drug-likeness (QED) is 0.352. The van der Waals surface area contributed by atoms with E-state index < -0.39 is 0 Å². The van der Waals surface area contributed by atoms with Gasteiger partial charge in [-0.05, 0) is 24.0 Å². The maximum atomic E-state index is 9.32. The van der Waals surface area contributed by atoms with Gasteiger partial charge in [-0.25, -0.2) is 0 Å². The van der Waals surface area contributed by atoms with E-state index in [4.69, 9.17) is 0 Å². The maximum absolute atomic E-state index is 9.32. The predicted molar refractivity (Wildman–Crippen MR) is 102 cm³/mol. The minimum atomic E-state index is 0.175. The van der Waals surface area contributed by atoms with Crippen LogP contribution in [0.2, 0.25) is 0 Å². The van der Waals surface area contributed by atoms with Crippen LogP contribution >= 0.6 is 0 Å². The van der Waals surface area contributed by atoms with Gasteiger partial charge < -0.3 is 5.11 Å². The van der Waals surface area contributed by atoms with Crippen molar-refractivity contribution in [3.63, 3.8) is 0 Å². The molecule has 1 aromatic rings. The first-order valence-corrected chi connectivity index (χ1v) is 10.1. The molecule has 0 saturated heterocycles. The van der Waals surface area contributed by atoms with Gasteiger partial charge in [-0.15, -0.1) is 0 Å². The van der Waals surface area contributed by atoms with Crippen LogP contribution in [0.1, 0.15) is 102 Å². The Kier molecular flexibility index (Phi) is 13.0. The average molecular weight is 319 g/mol. The smallest absolute Gasteiger partial charge is 0.0684 e. The number of hydrogen-bond donors (Lipinski definition) is 1. The van der Waals surface area contributed by atoms with Crippen molar-refractivity contribution in [2.75, 3.05) is 0 Å². The van der Waals surface area contributed by atoms with Gasteiger partial charge in [-0.2, -0.15) is 0 Å². The molecular weight excluding hydrogens is 280 g/mol. The van der Waals surface area contributed by atoms with Gasteiger partial charge >= 0.3 is 0 Å². The number of aryl methyl sites for hydroxylation is 1. The Hall–Kier alpha value is -0.820. The average Bonchev–Trinajstić information content (AvgIpc) is 2.59. The fourth-order valence-corrected chi connectivity index (χ4v) is 3.29. The number of unbranched alkanes of at least 4 members (excludes halogenated alkanes) is 12. The summed E-state index contributed by atoms with van der Waals surface area (Å²) in [5, 5.41) is 9.32. The Morgan fingerprint density at radius 3 is 1.52 bits per heavy atom. The fraction of sp³-hybridized carbons (Fsp3) is 0.727. The van der Waals surface area contributed by atoms with Crippen molar-refractivity contribution in [3.05, 3.63) is 35.4 Å². The molecule has 0 heterocycles. The zero-order valence-corrected chi connectivity index (χ0v) is 15.4. The number of aliphatic hydroxyl groups excluding tert-OH is 1. The molecule has 0 aliphatic rings. The van der Waals surface area contributed by atoms with Gasteiger partial charge in [-0.1, -0.05) is 108 Å². The summed E-state index contributed by atoms with van der Waals surface area (Å²) in [5.41, 5.74) is 2.43. The van der Waals surface area contributed by atoms with E-state index in [1.54, 1.807) is 0 Å². The van der Waals surface area contributed by atoms with E-state index in [1.165, 1.54) is 89.0 Å². The monoisotopic (exact) mass is 318 g/mol. The first-order valence-electron chi connectivity index (χ1n) is 10.1. The lowest BCUT2D eigenvalue weighted by atomic mass is 10.0. The van der Waals surface area contributed by atoms with E-state index in [9.17, 15) is 5.11 Å². The van der Waals surface area contributed by atoms with Crippen LogP contribution in [0.4, 0.5) is 0 Å². The summed E-state index contributed by atoms with van der Waals surface area (Å²) in [6.07, 6.45) is 19.3. The van der Waals surface area contributed by atoms with Gasteiger partial charge in [0.25, 0.3) is 0 Å². The molecule has 0 atom stereocenters. The minimum Gasteiger partial charge on any atom is -0.392 e. The highest BCUT2D eigenvalue weighted by molar-refractivity contribution is 5.26. The van der Waals surface area contributed by atoms with Gasteiger partial charge in [0, 0.05) is 0 Å². The summed E-state index contributed by atoms with van der Waals surface area (Å²) in [6, 6.07) is 8.29. The third kappa shape index (κ3) is 10.5. The molecule has 0 bridgehead atoms. The van der Waals surface area contributed by atoms with Crippen molar-refractivity contribution in [2.45, 2.75) is 103 Å². The lowest BCUT2D eigenvalue weighted by molar-refractivity contribution is 0.280. The fourth-order valence-electron chi connectivity index (χ4n) is 3.29. The Balaban J connectivity index is 1.86. The highest BCUT2D eigenvalue weighted by Gasteiger charge is 2.00. The highest BCUT2D eigenvalue weighted by atomic mass is 16.3. The molecule has 0 saturated carbocycles. The Morgan fingerprint density at radius 1 is 0.609 bits per heavy atom. The maximum Gasteiger partial charge on any atom is 0.0684 e. The van der Waals surface area contributed by atoms with E-state index in [2.05, 4.69) is 19.1 Å². The molecule has 23 heavy (non-hydrogen) atoms. The summed E-state index contributed by atoms with van der Waals surface area (Å²) in [7, 11) is 0. The topological polar surface area (TPSA) is 20.2 Å². The van der Waals surface area contributed by atoms with E-state index >= 15 is 0 Å². The lowest BCUT2D eigenvalue weighted by Gasteiger charge is -2.07.